The second-order valence-electron chi connectivity index (χ2n) is 4.16. The van der Waals surface area contributed by atoms with E-state index >= 15 is 0 Å². The van der Waals surface area contributed by atoms with Gasteiger partial charge in [-0.2, -0.15) is 11.3 Å². The van der Waals surface area contributed by atoms with Gasteiger partial charge in [-0.15, -0.1) is 0 Å². The van der Waals surface area contributed by atoms with Gasteiger partial charge in [-0.05, 0) is 52.5 Å². The van der Waals surface area contributed by atoms with Gasteiger partial charge in [0.05, 0.1) is 0 Å². The fourth-order valence-corrected chi connectivity index (χ4v) is 2.77. The Morgan fingerprint density at radius 1 is 1.18 bits per heavy atom. The molecule has 0 aliphatic heterocycles. The van der Waals surface area contributed by atoms with E-state index in [0.717, 1.165) is 13.0 Å². The van der Waals surface area contributed by atoms with Crippen LogP contribution in [-0.4, -0.2) is 6.54 Å². The van der Waals surface area contributed by atoms with Gasteiger partial charge in [0, 0.05) is 6.04 Å². The number of hydrogen-bond acceptors (Lipinski definition) is 2. The maximum Gasteiger partial charge on any atom is 0.0317 e. The summed E-state index contributed by atoms with van der Waals surface area (Å²) in [5.41, 5.74) is 4.03. The van der Waals surface area contributed by atoms with Crippen molar-refractivity contribution in [2.75, 3.05) is 6.54 Å². The lowest BCUT2D eigenvalue weighted by atomic mass is 9.99. The quantitative estimate of drug-likeness (QED) is 0.819. The van der Waals surface area contributed by atoms with Crippen LogP contribution < -0.4 is 5.32 Å². The SMILES string of the molecule is CCNC(CC)c1cccc(-c2ccsc2)c1. The highest BCUT2D eigenvalue weighted by Gasteiger charge is 2.08. The average Bonchev–Trinajstić information content (AvgIpc) is 2.90. The summed E-state index contributed by atoms with van der Waals surface area (Å²) in [6.45, 7) is 5.40. The van der Waals surface area contributed by atoms with E-state index in [1.54, 1.807) is 11.3 Å². The highest BCUT2D eigenvalue weighted by Crippen LogP contribution is 2.26. The molecule has 1 unspecified atom stereocenters. The lowest BCUT2D eigenvalue weighted by Gasteiger charge is -2.17. The molecule has 0 aliphatic carbocycles. The first-order chi connectivity index (χ1) is 8.35. The minimum absolute atomic E-state index is 0.471. The van der Waals surface area contributed by atoms with E-state index in [1.807, 2.05) is 0 Å². The zero-order valence-electron chi connectivity index (χ0n) is 10.4. The van der Waals surface area contributed by atoms with Gasteiger partial charge in [0.25, 0.3) is 0 Å². The second-order valence-corrected chi connectivity index (χ2v) is 4.94. The van der Waals surface area contributed by atoms with E-state index in [0.29, 0.717) is 6.04 Å². The number of hydrogen-bond donors (Lipinski definition) is 1. The highest BCUT2D eigenvalue weighted by molar-refractivity contribution is 7.08. The maximum absolute atomic E-state index is 3.52. The smallest absolute Gasteiger partial charge is 0.0317 e. The minimum atomic E-state index is 0.471. The van der Waals surface area contributed by atoms with Gasteiger partial charge in [0.1, 0.15) is 0 Å². The molecule has 0 amide bonds. The Labute approximate surface area is 108 Å². The van der Waals surface area contributed by atoms with Crippen LogP contribution in [0, 0.1) is 0 Å². The van der Waals surface area contributed by atoms with Crippen LogP contribution in [0.4, 0.5) is 0 Å². The molecule has 1 heterocycles. The molecular weight excluding hydrogens is 226 g/mol. The molecule has 0 aliphatic rings. The minimum Gasteiger partial charge on any atom is -0.310 e. The maximum atomic E-state index is 3.52. The molecule has 0 bridgehead atoms. The number of benzene rings is 1. The van der Waals surface area contributed by atoms with Gasteiger partial charge in [-0.3, -0.25) is 0 Å². The van der Waals surface area contributed by atoms with E-state index in [1.165, 1.54) is 16.7 Å². The first kappa shape index (κ1) is 12.3. The van der Waals surface area contributed by atoms with Crippen LogP contribution in [0.5, 0.6) is 0 Å². The van der Waals surface area contributed by atoms with Gasteiger partial charge >= 0.3 is 0 Å². The molecule has 1 aromatic heterocycles. The summed E-state index contributed by atoms with van der Waals surface area (Å²) in [5, 5.41) is 7.85. The fraction of sp³-hybridized carbons (Fsp3) is 0.333. The van der Waals surface area contributed by atoms with Crippen LogP contribution in [0.15, 0.2) is 41.1 Å². The fourth-order valence-electron chi connectivity index (χ4n) is 2.11. The van der Waals surface area contributed by atoms with Crippen molar-refractivity contribution in [2.45, 2.75) is 26.3 Å². The lowest BCUT2D eigenvalue weighted by Crippen LogP contribution is -2.19. The first-order valence-electron chi connectivity index (χ1n) is 6.21. The Morgan fingerprint density at radius 2 is 2.06 bits per heavy atom. The Bertz CT molecular complexity index is 448. The predicted octanol–water partition coefficient (Wildman–Crippen LogP) is 4.48. The van der Waals surface area contributed by atoms with Crippen molar-refractivity contribution in [3.63, 3.8) is 0 Å². The number of thiophene rings is 1. The number of rotatable bonds is 5. The van der Waals surface area contributed by atoms with Gasteiger partial charge in [0.15, 0.2) is 0 Å². The van der Waals surface area contributed by atoms with Crippen LogP contribution in [-0.2, 0) is 0 Å². The summed E-state index contributed by atoms with van der Waals surface area (Å²) < 4.78 is 0. The van der Waals surface area contributed by atoms with E-state index < -0.39 is 0 Å². The molecule has 1 aromatic carbocycles. The molecule has 17 heavy (non-hydrogen) atoms. The molecular formula is C15H19NS. The van der Waals surface area contributed by atoms with Gasteiger partial charge in [0.2, 0.25) is 0 Å². The summed E-state index contributed by atoms with van der Waals surface area (Å²) >= 11 is 1.75. The van der Waals surface area contributed by atoms with Crippen molar-refractivity contribution in [2.24, 2.45) is 0 Å². The predicted molar refractivity (Wildman–Crippen MR) is 76.5 cm³/mol. The van der Waals surface area contributed by atoms with Crippen LogP contribution in [0.2, 0.25) is 0 Å². The van der Waals surface area contributed by atoms with Crippen molar-refractivity contribution < 1.29 is 0 Å². The molecule has 0 spiro atoms. The summed E-state index contributed by atoms with van der Waals surface area (Å²) in [5.74, 6) is 0. The molecule has 1 N–H and O–H groups in total. The van der Waals surface area contributed by atoms with Gasteiger partial charge < -0.3 is 5.32 Å². The third-order valence-corrected chi connectivity index (χ3v) is 3.69. The molecule has 0 radical (unpaired) electrons. The molecule has 2 heteroatoms. The van der Waals surface area contributed by atoms with Gasteiger partial charge in [-0.25, -0.2) is 0 Å². The molecule has 0 saturated carbocycles. The summed E-state index contributed by atoms with van der Waals surface area (Å²) in [4.78, 5) is 0. The van der Waals surface area contributed by atoms with Crippen molar-refractivity contribution in [3.8, 4) is 11.1 Å². The van der Waals surface area contributed by atoms with E-state index in [9.17, 15) is 0 Å². The molecule has 1 nitrogen and oxygen atoms in total. The summed E-state index contributed by atoms with van der Waals surface area (Å²) in [7, 11) is 0. The van der Waals surface area contributed by atoms with Crippen molar-refractivity contribution >= 4 is 11.3 Å². The lowest BCUT2D eigenvalue weighted by molar-refractivity contribution is 0.537. The van der Waals surface area contributed by atoms with E-state index in [4.69, 9.17) is 0 Å². The van der Waals surface area contributed by atoms with Gasteiger partial charge in [-0.1, -0.05) is 32.0 Å². The van der Waals surface area contributed by atoms with Crippen molar-refractivity contribution in [3.05, 3.63) is 46.7 Å². The molecule has 2 aromatic rings. The Morgan fingerprint density at radius 3 is 2.71 bits per heavy atom. The molecule has 0 saturated heterocycles. The summed E-state index contributed by atoms with van der Waals surface area (Å²) in [6, 6.07) is 11.5. The molecule has 0 fully saturated rings. The average molecular weight is 245 g/mol. The van der Waals surface area contributed by atoms with Crippen molar-refractivity contribution in [1.82, 2.24) is 5.32 Å². The summed E-state index contributed by atoms with van der Waals surface area (Å²) in [6.07, 6.45) is 1.13. The monoisotopic (exact) mass is 245 g/mol. The second kappa shape index (κ2) is 5.99. The molecule has 1 atom stereocenters. The largest absolute Gasteiger partial charge is 0.310 e. The van der Waals surface area contributed by atoms with Crippen LogP contribution in [0.25, 0.3) is 11.1 Å². The number of nitrogens with one attached hydrogen (secondary N) is 1. The first-order valence-corrected chi connectivity index (χ1v) is 7.15. The zero-order valence-corrected chi connectivity index (χ0v) is 11.3. The van der Waals surface area contributed by atoms with Crippen LogP contribution >= 0.6 is 11.3 Å². The Kier molecular flexibility index (Phi) is 4.35. The van der Waals surface area contributed by atoms with E-state index in [-0.39, 0.29) is 0 Å². The third kappa shape index (κ3) is 2.96. The molecule has 90 valence electrons. The topological polar surface area (TPSA) is 12.0 Å². The third-order valence-electron chi connectivity index (χ3n) is 3.00. The van der Waals surface area contributed by atoms with Crippen LogP contribution in [0.3, 0.4) is 0 Å². The normalized spacial score (nSPS) is 12.6. The van der Waals surface area contributed by atoms with E-state index in [2.05, 4.69) is 60.3 Å². The Hall–Kier alpha value is -1.12. The molecule has 2 rings (SSSR count). The standard InChI is InChI=1S/C15H19NS/c1-3-15(16-4-2)13-7-5-6-12(10-13)14-8-9-17-11-14/h5-11,15-16H,3-4H2,1-2H3. The van der Waals surface area contributed by atoms with Crippen LogP contribution in [0.1, 0.15) is 31.9 Å². The zero-order chi connectivity index (χ0) is 12.1. The van der Waals surface area contributed by atoms with Crippen molar-refractivity contribution in [1.29, 1.82) is 0 Å². The Balaban J connectivity index is 2.27. The highest BCUT2D eigenvalue weighted by atomic mass is 32.1.